The van der Waals surface area contributed by atoms with Crippen LogP contribution in [0.4, 0.5) is 0 Å². The second-order valence-electron chi connectivity index (χ2n) is 4.81. The molecule has 1 aromatic heterocycles. The summed E-state index contributed by atoms with van der Waals surface area (Å²) in [6.45, 7) is 4.93. The molecule has 0 saturated carbocycles. The largest absolute Gasteiger partial charge is 0.330 e. The summed E-state index contributed by atoms with van der Waals surface area (Å²) in [6.07, 6.45) is 0.910. The van der Waals surface area contributed by atoms with E-state index in [0.717, 1.165) is 23.6 Å². The maximum atomic E-state index is 5.54. The first-order valence-electron chi connectivity index (χ1n) is 6.32. The zero-order valence-electron chi connectivity index (χ0n) is 11.2. The van der Waals surface area contributed by atoms with Crippen LogP contribution in [-0.2, 0) is 13.5 Å². The SMILES string of the molecule is CC(C)c1nc(-c2ccc(CCN)cc2)nn1C. The summed E-state index contributed by atoms with van der Waals surface area (Å²) in [5, 5.41) is 4.46. The van der Waals surface area contributed by atoms with Crippen LogP contribution in [0.1, 0.15) is 31.2 Å². The Morgan fingerprint density at radius 2 is 1.89 bits per heavy atom. The molecular weight excluding hydrogens is 224 g/mol. The minimum absolute atomic E-state index is 0.382. The molecule has 2 aromatic rings. The van der Waals surface area contributed by atoms with E-state index in [2.05, 4.69) is 48.2 Å². The highest BCUT2D eigenvalue weighted by molar-refractivity contribution is 5.55. The Balaban J connectivity index is 2.28. The van der Waals surface area contributed by atoms with Crippen LogP contribution in [0.5, 0.6) is 0 Å². The normalized spacial score (nSPS) is 11.2. The van der Waals surface area contributed by atoms with Crippen molar-refractivity contribution in [1.29, 1.82) is 0 Å². The molecule has 4 heteroatoms. The molecule has 1 heterocycles. The third-order valence-electron chi connectivity index (χ3n) is 2.96. The second-order valence-corrected chi connectivity index (χ2v) is 4.81. The minimum Gasteiger partial charge on any atom is -0.330 e. The molecule has 0 aliphatic heterocycles. The van der Waals surface area contributed by atoms with E-state index < -0.39 is 0 Å². The van der Waals surface area contributed by atoms with E-state index >= 15 is 0 Å². The summed E-state index contributed by atoms with van der Waals surface area (Å²) < 4.78 is 1.85. The molecular formula is C14H20N4. The Morgan fingerprint density at radius 1 is 1.22 bits per heavy atom. The highest BCUT2D eigenvalue weighted by atomic mass is 15.3. The third kappa shape index (κ3) is 2.59. The first kappa shape index (κ1) is 12.8. The van der Waals surface area contributed by atoms with Gasteiger partial charge in [-0.3, -0.25) is 4.68 Å². The molecule has 0 fully saturated rings. The van der Waals surface area contributed by atoms with Crippen LogP contribution in [0, 0.1) is 0 Å². The van der Waals surface area contributed by atoms with E-state index in [1.165, 1.54) is 5.56 Å². The van der Waals surface area contributed by atoms with Gasteiger partial charge in [-0.2, -0.15) is 5.10 Å². The summed E-state index contributed by atoms with van der Waals surface area (Å²) in [5.74, 6) is 2.18. The van der Waals surface area contributed by atoms with Crippen molar-refractivity contribution in [2.24, 2.45) is 12.8 Å². The van der Waals surface area contributed by atoms with Crippen LogP contribution in [0.2, 0.25) is 0 Å². The topological polar surface area (TPSA) is 56.7 Å². The van der Waals surface area contributed by atoms with Crippen LogP contribution < -0.4 is 5.73 Å². The molecule has 0 aliphatic carbocycles. The summed E-state index contributed by atoms with van der Waals surface area (Å²) in [4.78, 5) is 4.58. The maximum absolute atomic E-state index is 5.54. The Kier molecular flexibility index (Phi) is 3.77. The Morgan fingerprint density at radius 3 is 2.39 bits per heavy atom. The highest BCUT2D eigenvalue weighted by Crippen LogP contribution is 2.19. The molecule has 2 N–H and O–H groups in total. The Bertz CT molecular complexity index is 511. The van der Waals surface area contributed by atoms with Gasteiger partial charge in [0.25, 0.3) is 0 Å². The molecule has 0 unspecified atom stereocenters. The molecule has 0 aliphatic rings. The molecule has 0 spiro atoms. The van der Waals surface area contributed by atoms with Gasteiger partial charge in [-0.1, -0.05) is 38.1 Å². The monoisotopic (exact) mass is 244 g/mol. The van der Waals surface area contributed by atoms with Gasteiger partial charge in [-0.05, 0) is 18.5 Å². The molecule has 0 saturated heterocycles. The lowest BCUT2D eigenvalue weighted by Gasteiger charge is -2.00. The number of hydrogen-bond acceptors (Lipinski definition) is 3. The average Bonchev–Trinajstić information content (AvgIpc) is 2.73. The molecule has 0 radical (unpaired) electrons. The predicted molar refractivity (Wildman–Crippen MR) is 73.3 cm³/mol. The average molecular weight is 244 g/mol. The number of benzene rings is 1. The van der Waals surface area contributed by atoms with Crippen LogP contribution >= 0.6 is 0 Å². The van der Waals surface area contributed by atoms with E-state index in [4.69, 9.17) is 5.73 Å². The molecule has 0 atom stereocenters. The fourth-order valence-corrected chi connectivity index (χ4v) is 2.01. The number of nitrogens with two attached hydrogens (primary N) is 1. The first-order chi connectivity index (χ1) is 8.61. The van der Waals surface area contributed by atoms with Crippen molar-refractivity contribution in [3.05, 3.63) is 35.7 Å². The van der Waals surface area contributed by atoms with Crippen LogP contribution in [0.15, 0.2) is 24.3 Å². The van der Waals surface area contributed by atoms with Crippen molar-refractivity contribution in [3.8, 4) is 11.4 Å². The predicted octanol–water partition coefficient (Wildman–Crippen LogP) is 2.11. The summed E-state index contributed by atoms with van der Waals surface area (Å²) in [6, 6.07) is 8.30. The van der Waals surface area contributed by atoms with Gasteiger partial charge in [-0.25, -0.2) is 4.98 Å². The van der Waals surface area contributed by atoms with Crippen molar-refractivity contribution in [1.82, 2.24) is 14.8 Å². The van der Waals surface area contributed by atoms with Crippen molar-refractivity contribution in [2.45, 2.75) is 26.2 Å². The zero-order valence-corrected chi connectivity index (χ0v) is 11.2. The summed E-state index contributed by atoms with van der Waals surface area (Å²) in [7, 11) is 1.94. The van der Waals surface area contributed by atoms with Gasteiger partial charge in [0.1, 0.15) is 5.82 Å². The van der Waals surface area contributed by atoms with Gasteiger partial charge in [-0.15, -0.1) is 0 Å². The lowest BCUT2D eigenvalue weighted by molar-refractivity contribution is 0.655. The van der Waals surface area contributed by atoms with Gasteiger partial charge >= 0.3 is 0 Å². The molecule has 2 rings (SSSR count). The molecule has 0 amide bonds. The minimum atomic E-state index is 0.382. The fraction of sp³-hybridized carbons (Fsp3) is 0.429. The molecule has 4 nitrogen and oxygen atoms in total. The molecule has 0 bridgehead atoms. The molecule has 96 valence electrons. The van der Waals surface area contributed by atoms with E-state index in [9.17, 15) is 0 Å². The van der Waals surface area contributed by atoms with Crippen LogP contribution in [-0.4, -0.2) is 21.3 Å². The molecule has 18 heavy (non-hydrogen) atoms. The quantitative estimate of drug-likeness (QED) is 0.896. The summed E-state index contributed by atoms with van der Waals surface area (Å²) in [5.41, 5.74) is 7.84. The Labute approximate surface area is 108 Å². The first-order valence-corrected chi connectivity index (χ1v) is 6.32. The fourth-order valence-electron chi connectivity index (χ4n) is 2.01. The van der Waals surface area contributed by atoms with Crippen molar-refractivity contribution < 1.29 is 0 Å². The van der Waals surface area contributed by atoms with Crippen molar-refractivity contribution in [3.63, 3.8) is 0 Å². The standard InChI is InChI=1S/C14H20N4/c1-10(2)14-16-13(17-18(14)3)12-6-4-11(5-7-12)8-9-15/h4-7,10H,8-9,15H2,1-3H3. The maximum Gasteiger partial charge on any atom is 0.181 e. The second kappa shape index (κ2) is 5.31. The van der Waals surface area contributed by atoms with Gasteiger partial charge in [0.05, 0.1) is 0 Å². The molecule has 1 aromatic carbocycles. The highest BCUT2D eigenvalue weighted by Gasteiger charge is 2.11. The third-order valence-corrected chi connectivity index (χ3v) is 2.96. The number of aromatic nitrogens is 3. The van der Waals surface area contributed by atoms with E-state index in [-0.39, 0.29) is 0 Å². The van der Waals surface area contributed by atoms with Gasteiger partial charge < -0.3 is 5.73 Å². The summed E-state index contributed by atoms with van der Waals surface area (Å²) >= 11 is 0. The lowest BCUT2D eigenvalue weighted by atomic mass is 10.1. The van der Waals surface area contributed by atoms with Gasteiger partial charge in [0.15, 0.2) is 5.82 Å². The van der Waals surface area contributed by atoms with Crippen molar-refractivity contribution >= 4 is 0 Å². The smallest absolute Gasteiger partial charge is 0.181 e. The number of rotatable bonds is 4. The number of nitrogens with zero attached hydrogens (tertiary/aromatic N) is 3. The van der Waals surface area contributed by atoms with Crippen molar-refractivity contribution in [2.75, 3.05) is 6.54 Å². The lowest BCUT2D eigenvalue weighted by Crippen LogP contribution is -2.02. The van der Waals surface area contributed by atoms with E-state index in [1.807, 2.05) is 11.7 Å². The Hall–Kier alpha value is -1.68. The van der Waals surface area contributed by atoms with Gasteiger partial charge in [0, 0.05) is 18.5 Å². The zero-order chi connectivity index (χ0) is 13.1. The number of hydrogen-bond donors (Lipinski definition) is 1. The van der Waals surface area contributed by atoms with E-state index in [0.29, 0.717) is 12.5 Å². The van der Waals surface area contributed by atoms with E-state index in [1.54, 1.807) is 0 Å². The van der Waals surface area contributed by atoms with Crippen LogP contribution in [0.25, 0.3) is 11.4 Å². The van der Waals surface area contributed by atoms with Gasteiger partial charge in [0.2, 0.25) is 0 Å². The van der Waals surface area contributed by atoms with Crippen LogP contribution in [0.3, 0.4) is 0 Å². The number of aryl methyl sites for hydroxylation is 1.